The number of fused-ring (bicyclic) bond motifs is 1. The number of aromatic amines is 1. The highest BCUT2D eigenvalue weighted by Crippen LogP contribution is 2.35. The molecule has 0 atom stereocenters. The van der Waals surface area contributed by atoms with Crippen molar-refractivity contribution in [3.63, 3.8) is 0 Å². The molecule has 0 unspecified atom stereocenters. The van der Waals surface area contributed by atoms with Crippen molar-refractivity contribution in [2.45, 2.75) is 25.3 Å². The van der Waals surface area contributed by atoms with Crippen LogP contribution >= 0.6 is 11.3 Å². The second-order valence-electron chi connectivity index (χ2n) is 8.39. The van der Waals surface area contributed by atoms with Crippen LogP contribution in [0.2, 0.25) is 0 Å². The first kappa shape index (κ1) is 22.4. The maximum absolute atomic E-state index is 12.5. The van der Waals surface area contributed by atoms with Gasteiger partial charge in [0, 0.05) is 22.8 Å². The Morgan fingerprint density at radius 3 is 2.56 bits per heavy atom. The van der Waals surface area contributed by atoms with Gasteiger partial charge in [-0.3, -0.25) is 9.69 Å². The largest absolute Gasteiger partial charge is 0.497 e. The zero-order valence-corrected chi connectivity index (χ0v) is 20.0. The normalized spacial score (nSPS) is 14.9. The van der Waals surface area contributed by atoms with Crippen molar-refractivity contribution >= 4 is 33.8 Å². The van der Waals surface area contributed by atoms with Crippen LogP contribution in [0.4, 0.5) is 5.69 Å². The fourth-order valence-corrected chi connectivity index (χ4v) is 5.22. The van der Waals surface area contributed by atoms with E-state index in [0.717, 1.165) is 48.0 Å². The number of H-pyrrole nitrogens is 1. The summed E-state index contributed by atoms with van der Waals surface area (Å²) in [7, 11) is 3.31. The summed E-state index contributed by atoms with van der Waals surface area (Å²) in [5.41, 5.74) is 3.20. The zero-order valence-electron chi connectivity index (χ0n) is 19.2. The summed E-state index contributed by atoms with van der Waals surface area (Å²) in [5.74, 6) is 1.89. The predicted octanol–water partition coefficient (Wildman–Crippen LogP) is 4.67. The average molecular weight is 478 g/mol. The Morgan fingerprint density at radius 2 is 1.82 bits per heavy atom. The standard InChI is InChI=1S/C25H27N5O3S/c1-32-18-5-3-17(4-6-18)27-24(31)25-29-28-23(34-25)15-30-11-9-16(10-12-30)21-14-26-22-8-7-19(33-2)13-20(21)22/h3-8,13-14,16,26H,9-12,15H2,1-2H3,(H,27,31). The predicted molar refractivity (Wildman–Crippen MR) is 133 cm³/mol. The lowest BCUT2D eigenvalue weighted by atomic mass is 9.89. The summed E-state index contributed by atoms with van der Waals surface area (Å²) >= 11 is 1.35. The van der Waals surface area contributed by atoms with Crippen molar-refractivity contribution in [3.05, 3.63) is 64.2 Å². The zero-order chi connectivity index (χ0) is 23.5. The van der Waals surface area contributed by atoms with Gasteiger partial charge in [0.05, 0.1) is 20.8 Å². The van der Waals surface area contributed by atoms with Gasteiger partial charge in [0.1, 0.15) is 16.5 Å². The molecule has 1 aliphatic rings. The van der Waals surface area contributed by atoms with Crippen LogP contribution in [0, 0.1) is 0 Å². The van der Waals surface area contributed by atoms with Crippen molar-refractivity contribution in [3.8, 4) is 11.5 Å². The van der Waals surface area contributed by atoms with Gasteiger partial charge < -0.3 is 19.8 Å². The molecule has 0 radical (unpaired) electrons. The molecule has 0 bridgehead atoms. The van der Waals surface area contributed by atoms with Crippen molar-refractivity contribution in [1.82, 2.24) is 20.1 Å². The molecule has 2 aromatic heterocycles. The number of piperidine rings is 1. The van der Waals surface area contributed by atoms with Crippen molar-refractivity contribution in [1.29, 1.82) is 0 Å². The van der Waals surface area contributed by atoms with Crippen LogP contribution < -0.4 is 14.8 Å². The van der Waals surface area contributed by atoms with E-state index >= 15 is 0 Å². The summed E-state index contributed by atoms with van der Waals surface area (Å²) in [6, 6.07) is 13.4. The Kier molecular flexibility index (Phi) is 6.46. The van der Waals surface area contributed by atoms with Crippen LogP contribution in [0.15, 0.2) is 48.7 Å². The van der Waals surface area contributed by atoms with Crippen LogP contribution in [-0.2, 0) is 6.54 Å². The van der Waals surface area contributed by atoms with Crippen LogP contribution in [0.1, 0.15) is 39.1 Å². The monoisotopic (exact) mass is 477 g/mol. The second-order valence-corrected chi connectivity index (χ2v) is 9.45. The number of benzene rings is 2. The van der Waals surface area contributed by atoms with E-state index in [1.165, 1.54) is 22.3 Å². The number of methoxy groups -OCH3 is 2. The number of amides is 1. The van der Waals surface area contributed by atoms with Gasteiger partial charge in [-0.15, -0.1) is 10.2 Å². The molecule has 5 rings (SSSR count). The minimum Gasteiger partial charge on any atom is -0.497 e. The molecule has 0 saturated carbocycles. The molecule has 1 fully saturated rings. The van der Waals surface area contributed by atoms with Crippen molar-refractivity contribution in [2.75, 3.05) is 32.6 Å². The topological polar surface area (TPSA) is 92.4 Å². The van der Waals surface area contributed by atoms with Gasteiger partial charge in [-0.1, -0.05) is 11.3 Å². The Hall–Kier alpha value is -3.43. The molecular formula is C25H27N5O3S. The number of nitrogens with zero attached hydrogens (tertiary/aromatic N) is 3. The third kappa shape index (κ3) is 4.76. The number of carbonyl (C=O) groups is 1. The summed E-state index contributed by atoms with van der Waals surface area (Å²) in [6.45, 7) is 2.67. The van der Waals surface area contributed by atoms with Gasteiger partial charge in [0.2, 0.25) is 5.01 Å². The van der Waals surface area contributed by atoms with Crippen molar-refractivity contribution < 1.29 is 14.3 Å². The molecule has 1 amide bonds. The third-order valence-electron chi connectivity index (χ3n) is 6.32. The molecular weight excluding hydrogens is 450 g/mol. The van der Waals surface area contributed by atoms with Crippen molar-refractivity contribution in [2.24, 2.45) is 0 Å². The van der Waals surface area contributed by atoms with E-state index in [4.69, 9.17) is 9.47 Å². The molecule has 8 nitrogen and oxygen atoms in total. The number of hydrogen-bond acceptors (Lipinski definition) is 7. The summed E-state index contributed by atoms with van der Waals surface area (Å²) < 4.78 is 10.6. The number of aromatic nitrogens is 3. The number of likely N-dealkylation sites (tertiary alicyclic amines) is 1. The Morgan fingerprint density at radius 1 is 1.09 bits per heavy atom. The molecule has 1 saturated heterocycles. The molecule has 0 aliphatic carbocycles. The number of rotatable bonds is 7. The number of ether oxygens (including phenoxy) is 2. The quantitative estimate of drug-likeness (QED) is 0.402. The van der Waals surface area contributed by atoms with Crippen LogP contribution in [0.3, 0.4) is 0 Å². The number of anilines is 1. The third-order valence-corrected chi connectivity index (χ3v) is 7.22. The number of nitrogens with one attached hydrogen (secondary N) is 2. The Bertz CT molecular complexity index is 1280. The van der Waals surface area contributed by atoms with Gasteiger partial charge in [0.15, 0.2) is 0 Å². The molecule has 2 aromatic carbocycles. The van der Waals surface area contributed by atoms with Gasteiger partial charge in [-0.2, -0.15) is 0 Å². The van der Waals surface area contributed by atoms with E-state index in [0.29, 0.717) is 23.2 Å². The van der Waals surface area contributed by atoms with Crippen LogP contribution in [0.25, 0.3) is 10.9 Å². The highest BCUT2D eigenvalue weighted by Gasteiger charge is 2.24. The summed E-state index contributed by atoms with van der Waals surface area (Å²) in [4.78, 5) is 18.3. The summed E-state index contributed by atoms with van der Waals surface area (Å²) in [5, 5.41) is 13.7. The maximum Gasteiger partial charge on any atom is 0.286 e. The van der Waals surface area contributed by atoms with E-state index in [1.54, 1.807) is 38.5 Å². The molecule has 1 aliphatic heterocycles. The van der Waals surface area contributed by atoms with E-state index in [2.05, 4.69) is 43.7 Å². The van der Waals surface area contributed by atoms with Gasteiger partial charge in [0.25, 0.3) is 5.91 Å². The lowest BCUT2D eigenvalue weighted by Crippen LogP contribution is -2.32. The molecule has 3 heterocycles. The molecule has 2 N–H and O–H groups in total. The first-order valence-corrected chi connectivity index (χ1v) is 12.1. The Labute approximate surface area is 201 Å². The van der Waals surface area contributed by atoms with Gasteiger partial charge in [-0.05, 0) is 79.9 Å². The second kappa shape index (κ2) is 9.82. The number of carbonyl (C=O) groups excluding carboxylic acids is 1. The van der Waals surface area contributed by atoms with Gasteiger partial charge >= 0.3 is 0 Å². The molecule has 0 spiro atoms. The smallest absolute Gasteiger partial charge is 0.286 e. The van der Waals surface area contributed by atoms with Gasteiger partial charge in [-0.25, -0.2) is 0 Å². The fourth-order valence-electron chi connectivity index (χ4n) is 4.45. The summed E-state index contributed by atoms with van der Waals surface area (Å²) in [6.07, 6.45) is 4.30. The van der Waals surface area contributed by atoms with E-state index in [1.807, 2.05) is 6.07 Å². The van der Waals surface area contributed by atoms with E-state index in [9.17, 15) is 4.79 Å². The van der Waals surface area contributed by atoms with E-state index < -0.39 is 0 Å². The minimum absolute atomic E-state index is 0.248. The highest BCUT2D eigenvalue weighted by atomic mass is 32.1. The minimum atomic E-state index is -0.248. The molecule has 176 valence electrons. The SMILES string of the molecule is COc1ccc(NC(=O)c2nnc(CN3CCC(c4c[nH]c5ccc(OC)cc45)CC3)s2)cc1. The number of hydrogen-bond donors (Lipinski definition) is 2. The Balaban J connectivity index is 1.17. The van der Waals surface area contributed by atoms with E-state index in [-0.39, 0.29) is 5.91 Å². The molecule has 9 heteroatoms. The lowest BCUT2D eigenvalue weighted by molar-refractivity contribution is 0.102. The van der Waals surface area contributed by atoms with Crippen LogP contribution in [0.5, 0.6) is 11.5 Å². The lowest BCUT2D eigenvalue weighted by Gasteiger charge is -2.31. The average Bonchev–Trinajstić information content (AvgIpc) is 3.52. The first-order valence-electron chi connectivity index (χ1n) is 11.3. The maximum atomic E-state index is 12.5. The fraction of sp³-hybridized carbons (Fsp3) is 0.320. The molecule has 34 heavy (non-hydrogen) atoms. The van der Waals surface area contributed by atoms with Crippen LogP contribution in [-0.4, -0.2) is 53.3 Å². The highest BCUT2D eigenvalue weighted by molar-refractivity contribution is 7.13. The molecule has 4 aromatic rings. The first-order chi connectivity index (χ1) is 16.6.